The smallest absolute Gasteiger partial charge is 0.393 e. The second-order valence-electron chi connectivity index (χ2n) is 4.45. The molecular weight excluding hydrogens is 298 g/mol. The highest BCUT2D eigenvalue weighted by Gasteiger charge is 2.20. The molecule has 0 bridgehead atoms. The molecule has 23 heavy (non-hydrogen) atoms. The van der Waals surface area contributed by atoms with Crippen LogP contribution in [0.4, 0.5) is 4.79 Å². The summed E-state index contributed by atoms with van der Waals surface area (Å²) in [4.78, 5) is 39.7. The predicted molar refractivity (Wildman–Crippen MR) is 82.4 cm³/mol. The maximum absolute atomic E-state index is 12.2. The third-order valence-electron chi connectivity index (χ3n) is 2.74. The van der Waals surface area contributed by atoms with Gasteiger partial charge < -0.3 is 4.74 Å². The van der Waals surface area contributed by atoms with Crippen molar-refractivity contribution in [3.8, 4) is 5.75 Å². The summed E-state index contributed by atoms with van der Waals surface area (Å²) in [5, 5.41) is 3.34. The van der Waals surface area contributed by atoms with E-state index < -0.39 is 23.4 Å². The molecule has 0 atom stereocenters. The molecule has 2 aromatic carbocycles. The molecule has 0 aliphatic heterocycles. The summed E-state index contributed by atoms with van der Waals surface area (Å²) in [6.45, 7) is 1.16. The summed E-state index contributed by atoms with van der Waals surface area (Å²) in [6, 6.07) is 16.3. The summed E-state index contributed by atoms with van der Waals surface area (Å²) >= 11 is 0. The van der Waals surface area contributed by atoms with Gasteiger partial charge in [-0.1, -0.05) is 53.7 Å². The van der Waals surface area contributed by atoms with E-state index >= 15 is 0 Å². The number of benzene rings is 2. The van der Waals surface area contributed by atoms with Gasteiger partial charge in [-0.15, -0.1) is 0 Å². The molecule has 0 fully saturated rings. The zero-order chi connectivity index (χ0) is 16.7. The third-order valence-corrected chi connectivity index (χ3v) is 2.74. The number of rotatable bonds is 5. The minimum atomic E-state index is -1.14. The van der Waals surface area contributed by atoms with Crippen LogP contribution in [-0.2, 0) is 9.63 Å². The maximum Gasteiger partial charge on any atom is 0.540 e. The number of ketones is 2. The lowest BCUT2D eigenvalue weighted by Crippen LogP contribution is -2.23. The normalized spacial score (nSPS) is 10.7. The van der Waals surface area contributed by atoms with Crippen LogP contribution in [0.5, 0.6) is 5.75 Å². The quantitative estimate of drug-likeness (QED) is 0.161. The zero-order valence-electron chi connectivity index (χ0n) is 12.3. The summed E-state index contributed by atoms with van der Waals surface area (Å²) in [7, 11) is 0. The third kappa shape index (κ3) is 4.60. The number of Topliss-reactive ketones (excluding diaryl/α,β-unsaturated/α-hetero) is 2. The van der Waals surface area contributed by atoms with E-state index in [1.807, 2.05) is 0 Å². The number of nitrogens with zero attached hydrogens (tertiary/aromatic N) is 1. The van der Waals surface area contributed by atoms with Crippen molar-refractivity contribution in [2.24, 2.45) is 5.16 Å². The van der Waals surface area contributed by atoms with Gasteiger partial charge in [0.15, 0.2) is 11.5 Å². The van der Waals surface area contributed by atoms with Crippen LogP contribution in [0.15, 0.2) is 65.8 Å². The molecular formula is C17H13NO5. The van der Waals surface area contributed by atoms with Crippen molar-refractivity contribution in [2.45, 2.75) is 6.92 Å². The van der Waals surface area contributed by atoms with Crippen LogP contribution in [0.25, 0.3) is 0 Å². The number of ether oxygens (including phenoxy) is 1. The number of hydrogen-bond acceptors (Lipinski definition) is 6. The highest BCUT2D eigenvalue weighted by Crippen LogP contribution is 2.09. The fourth-order valence-electron chi connectivity index (χ4n) is 1.68. The standard InChI is InChI=1S/C17H13NO5/c1-12(19)15(16(20)13-8-4-2-5-9-13)18-23-17(21)22-14-10-6-3-7-11-14/h2-11H,1H3/b18-15+. The second kappa shape index (κ2) is 7.65. The highest BCUT2D eigenvalue weighted by molar-refractivity contribution is 6.68. The Hall–Kier alpha value is -3.28. The molecule has 0 heterocycles. The van der Waals surface area contributed by atoms with Crippen molar-refractivity contribution in [2.75, 3.05) is 0 Å². The lowest BCUT2D eigenvalue weighted by atomic mass is 10.1. The van der Waals surface area contributed by atoms with Crippen LogP contribution in [0.3, 0.4) is 0 Å². The Labute approximate surface area is 132 Å². The molecule has 0 saturated carbocycles. The van der Waals surface area contributed by atoms with Gasteiger partial charge in [0.25, 0.3) is 0 Å². The lowest BCUT2D eigenvalue weighted by Gasteiger charge is -2.03. The second-order valence-corrected chi connectivity index (χ2v) is 4.45. The zero-order valence-corrected chi connectivity index (χ0v) is 12.3. The van der Waals surface area contributed by atoms with Crippen molar-refractivity contribution < 1.29 is 24.0 Å². The predicted octanol–water partition coefficient (Wildman–Crippen LogP) is 3.03. The Morgan fingerprint density at radius 2 is 1.43 bits per heavy atom. The number of carbonyl (C=O) groups is 3. The first-order chi connectivity index (χ1) is 11.1. The number of para-hydroxylation sites is 1. The minimum absolute atomic E-state index is 0.256. The molecule has 6 nitrogen and oxygen atoms in total. The lowest BCUT2D eigenvalue weighted by molar-refractivity contribution is -0.111. The van der Waals surface area contributed by atoms with E-state index in [0.717, 1.165) is 6.92 Å². The van der Waals surface area contributed by atoms with E-state index in [-0.39, 0.29) is 11.3 Å². The van der Waals surface area contributed by atoms with Crippen LogP contribution in [0, 0.1) is 0 Å². The van der Waals surface area contributed by atoms with Gasteiger partial charge in [-0.05, 0) is 12.1 Å². The fraction of sp³-hybridized carbons (Fsp3) is 0.0588. The van der Waals surface area contributed by atoms with E-state index in [4.69, 9.17) is 4.74 Å². The van der Waals surface area contributed by atoms with Crippen molar-refractivity contribution in [3.05, 3.63) is 66.2 Å². The van der Waals surface area contributed by atoms with Gasteiger partial charge in [0.05, 0.1) is 0 Å². The van der Waals surface area contributed by atoms with Crippen molar-refractivity contribution in [3.63, 3.8) is 0 Å². The number of carbonyl (C=O) groups excluding carboxylic acids is 3. The first-order valence-electron chi connectivity index (χ1n) is 6.70. The Kier molecular flexibility index (Phi) is 5.35. The Morgan fingerprint density at radius 1 is 0.870 bits per heavy atom. The van der Waals surface area contributed by atoms with Crippen LogP contribution in [0.1, 0.15) is 17.3 Å². The monoisotopic (exact) mass is 311 g/mol. The van der Waals surface area contributed by atoms with Gasteiger partial charge in [-0.2, -0.15) is 0 Å². The molecule has 0 saturated heterocycles. The van der Waals surface area contributed by atoms with E-state index in [0.29, 0.717) is 0 Å². The molecule has 0 aliphatic carbocycles. The molecule has 0 N–H and O–H groups in total. The fourth-order valence-corrected chi connectivity index (χ4v) is 1.68. The van der Waals surface area contributed by atoms with Crippen LogP contribution < -0.4 is 4.74 Å². The Morgan fingerprint density at radius 3 is 2.00 bits per heavy atom. The summed E-state index contributed by atoms with van der Waals surface area (Å²) in [5.41, 5.74) is -0.220. The van der Waals surface area contributed by atoms with Crippen LogP contribution >= 0.6 is 0 Å². The molecule has 0 radical (unpaired) electrons. The van der Waals surface area contributed by atoms with Crippen molar-refractivity contribution >= 4 is 23.4 Å². The van der Waals surface area contributed by atoms with E-state index in [9.17, 15) is 14.4 Å². The molecule has 0 spiro atoms. The van der Waals surface area contributed by atoms with E-state index in [1.54, 1.807) is 48.5 Å². The molecule has 2 rings (SSSR count). The number of oxime groups is 1. The molecule has 0 aromatic heterocycles. The summed E-state index contributed by atoms with van der Waals surface area (Å²) < 4.78 is 4.84. The van der Waals surface area contributed by atoms with Crippen molar-refractivity contribution in [1.29, 1.82) is 0 Å². The summed E-state index contributed by atoms with van der Waals surface area (Å²) in [6.07, 6.45) is -1.14. The molecule has 6 heteroatoms. The molecule has 0 aliphatic rings. The van der Waals surface area contributed by atoms with Crippen LogP contribution in [0.2, 0.25) is 0 Å². The first kappa shape index (κ1) is 16.1. The first-order valence-corrected chi connectivity index (χ1v) is 6.70. The number of hydrogen-bond donors (Lipinski definition) is 0. The SMILES string of the molecule is CC(=O)/C(=N\OC(=O)Oc1ccccc1)C(=O)c1ccccc1. The van der Waals surface area contributed by atoms with Gasteiger partial charge in [0.2, 0.25) is 5.78 Å². The highest BCUT2D eigenvalue weighted by atomic mass is 16.8. The van der Waals surface area contributed by atoms with Gasteiger partial charge in [0.1, 0.15) is 5.75 Å². The van der Waals surface area contributed by atoms with Gasteiger partial charge in [0, 0.05) is 12.5 Å². The van der Waals surface area contributed by atoms with Gasteiger partial charge >= 0.3 is 6.16 Å². The van der Waals surface area contributed by atoms with Crippen LogP contribution in [-0.4, -0.2) is 23.4 Å². The molecule has 2 aromatic rings. The Bertz CT molecular complexity index is 738. The average Bonchev–Trinajstić information content (AvgIpc) is 2.56. The maximum atomic E-state index is 12.2. The van der Waals surface area contributed by atoms with Crippen molar-refractivity contribution in [1.82, 2.24) is 0 Å². The topological polar surface area (TPSA) is 82.0 Å². The molecule has 0 unspecified atom stereocenters. The van der Waals surface area contributed by atoms with Gasteiger partial charge in [-0.25, -0.2) is 4.79 Å². The Balaban J connectivity index is 2.09. The molecule has 0 amide bonds. The average molecular weight is 311 g/mol. The largest absolute Gasteiger partial charge is 0.540 e. The van der Waals surface area contributed by atoms with E-state index in [2.05, 4.69) is 9.99 Å². The minimum Gasteiger partial charge on any atom is -0.393 e. The summed E-state index contributed by atoms with van der Waals surface area (Å²) in [5.74, 6) is -0.997. The van der Waals surface area contributed by atoms with E-state index in [1.165, 1.54) is 12.1 Å². The molecule has 116 valence electrons. The van der Waals surface area contributed by atoms with Gasteiger partial charge in [-0.3, -0.25) is 14.4 Å².